The minimum absolute atomic E-state index is 0.150. The molecule has 7 nitrogen and oxygen atoms in total. The van der Waals surface area contributed by atoms with Gasteiger partial charge in [0, 0.05) is 31.1 Å². The fraction of sp³-hybridized carbons (Fsp3) is 0.182. The maximum absolute atomic E-state index is 13.3. The molecule has 0 saturated carbocycles. The topological polar surface area (TPSA) is 82.1 Å². The predicted octanol–water partition coefficient (Wildman–Crippen LogP) is 1.93. The van der Waals surface area contributed by atoms with Gasteiger partial charge in [0.1, 0.15) is 12.3 Å². The Morgan fingerprint density at radius 2 is 1.93 bits per heavy atom. The van der Waals surface area contributed by atoms with E-state index >= 15 is 0 Å². The molecule has 0 fully saturated rings. The third kappa shape index (κ3) is 4.50. The molecule has 3 rings (SSSR count). The first-order valence-electron chi connectivity index (χ1n) is 9.08. The second-order valence-electron chi connectivity index (χ2n) is 6.35. The van der Waals surface area contributed by atoms with Gasteiger partial charge < -0.3 is 5.32 Å². The molecule has 29 heavy (non-hydrogen) atoms. The Morgan fingerprint density at radius 1 is 1.17 bits per heavy atom. The van der Waals surface area contributed by atoms with Gasteiger partial charge in [-0.25, -0.2) is 5.01 Å². The van der Waals surface area contributed by atoms with Gasteiger partial charge in [-0.1, -0.05) is 30.2 Å². The van der Waals surface area contributed by atoms with Crippen molar-refractivity contribution in [3.63, 3.8) is 0 Å². The number of nitrogens with zero attached hydrogens (tertiary/aromatic N) is 3. The summed E-state index contributed by atoms with van der Waals surface area (Å²) < 4.78 is 0. The van der Waals surface area contributed by atoms with Crippen molar-refractivity contribution < 1.29 is 14.4 Å². The summed E-state index contributed by atoms with van der Waals surface area (Å²) >= 11 is 0. The second-order valence-corrected chi connectivity index (χ2v) is 6.35. The molecule has 0 unspecified atom stereocenters. The molecule has 1 aliphatic rings. The van der Waals surface area contributed by atoms with Crippen molar-refractivity contribution in [2.75, 3.05) is 23.5 Å². The predicted molar refractivity (Wildman–Crippen MR) is 111 cm³/mol. The van der Waals surface area contributed by atoms with Gasteiger partial charge in [0.05, 0.1) is 5.69 Å². The van der Waals surface area contributed by atoms with E-state index in [1.165, 1.54) is 17.0 Å². The Hall–Kier alpha value is -3.92. The lowest BCUT2D eigenvalue weighted by molar-refractivity contribution is -0.121. The smallest absolute Gasteiger partial charge is 0.274 e. The van der Waals surface area contributed by atoms with Gasteiger partial charge in [-0.3, -0.25) is 19.3 Å². The molecule has 0 radical (unpaired) electrons. The van der Waals surface area contributed by atoms with Crippen molar-refractivity contribution in [1.82, 2.24) is 5.32 Å². The molecule has 1 heterocycles. The van der Waals surface area contributed by atoms with E-state index in [-0.39, 0.29) is 36.9 Å². The molecule has 1 aliphatic heterocycles. The average molecular weight is 388 g/mol. The molecule has 3 amide bonds. The monoisotopic (exact) mass is 388 g/mol. The van der Waals surface area contributed by atoms with Crippen molar-refractivity contribution in [3.8, 4) is 12.3 Å². The van der Waals surface area contributed by atoms with Crippen LogP contribution in [0.3, 0.4) is 0 Å². The Kier molecular flexibility index (Phi) is 6.05. The molecular formula is C22H20N4O3. The normalized spacial score (nSPS) is 13.3. The van der Waals surface area contributed by atoms with Crippen LogP contribution < -0.4 is 15.2 Å². The summed E-state index contributed by atoms with van der Waals surface area (Å²) in [6.45, 7) is -0.193. The molecular weight excluding hydrogens is 368 g/mol. The van der Waals surface area contributed by atoms with E-state index in [4.69, 9.17) is 6.42 Å². The number of para-hydroxylation sites is 1. The van der Waals surface area contributed by atoms with Crippen LogP contribution >= 0.6 is 0 Å². The van der Waals surface area contributed by atoms with E-state index in [0.717, 1.165) is 0 Å². The molecule has 0 atom stereocenters. The quantitative estimate of drug-likeness (QED) is 0.795. The number of carbonyl (C=O) groups is 3. The lowest BCUT2D eigenvalue weighted by Crippen LogP contribution is -2.45. The van der Waals surface area contributed by atoms with Gasteiger partial charge in [0.25, 0.3) is 5.91 Å². The summed E-state index contributed by atoms with van der Waals surface area (Å²) in [6, 6.07) is 15.7. The summed E-state index contributed by atoms with van der Waals surface area (Å²) in [5, 5.41) is 8.04. The number of carbonyl (C=O) groups excluding carboxylic acids is 3. The number of likely N-dealkylation sites (N-methyl/N-ethyl adjacent to an activating group) is 1. The van der Waals surface area contributed by atoms with E-state index in [1.807, 2.05) is 6.07 Å². The van der Waals surface area contributed by atoms with Crippen LogP contribution in [-0.2, 0) is 14.4 Å². The molecule has 0 aromatic heterocycles. The van der Waals surface area contributed by atoms with Crippen molar-refractivity contribution in [1.29, 1.82) is 0 Å². The van der Waals surface area contributed by atoms with Gasteiger partial charge in [-0.15, -0.1) is 6.42 Å². The van der Waals surface area contributed by atoms with E-state index in [2.05, 4.69) is 16.3 Å². The van der Waals surface area contributed by atoms with Crippen LogP contribution in [0.2, 0.25) is 0 Å². The lowest BCUT2D eigenvalue weighted by atomic mass is 10.1. The minimum atomic E-state index is -0.448. The molecule has 0 spiro atoms. The highest BCUT2D eigenvalue weighted by Crippen LogP contribution is 2.22. The van der Waals surface area contributed by atoms with Crippen molar-refractivity contribution >= 4 is 34.8 Å². The summed E-state index contributed by atoms with van der Waals surface area (Å²) in [4.78, 5) is 38.9. The number of rotatable bonds is 5. The van der Waals surface area contributed by atoms with E-state index in [9.17, 15) is 14.4 Å². The Labute approximate surface area is 169 Å². The second kappa shape index (κ2) is 8.85. The maximum atomic E-state index is 13.3. The first-order valence-corrected chi connectivity index (χ1v) is 9.08. The van der Waals surface area contributed by atoms with Crippen LogP contribution in [0.4, 0.5) is 11.4 Å². The Morgan fingerprint density at radius 3 is 2.62 bits per heavy atom. The molecule has 0 aliphatic carbocycles. The van der Waals surface area contributed by atoms with Crippen LogP contribution in [0.25, 0.3) is 0 Å². The largest absolute Gasteiger partial charge is 0.358 e. The molecule has 0 bridgehead atoms. The molecule has 0 saturated heterocycles. The zero-order valence-corrected chi connectivity index (χ0v) is 16.0. The SMILES string of the molecule is C#Cc1cccc(N(CC(=O)NC)C(=O)C2=NN(c3ccccc3)C(=O)CC2)c1. The van der Waals surface area contributed by atoms with Gasteiger partial charge in [0.15, 0.2) is 0 Å². The number of anilines is 2. The highest BCUT2D eigenvalue weighted by atomic mass is 16.2. The number of terminal acetylenes is 1. The van der Waals surface area contributed by atoms with Gasteiger partial charge >= 0.3 is 0 Å². The minimum Gasteiger partial charge on any atom is -0.358 e. The number of amides is 3. The van der Waals surface area contributed by atoms with E-state index in [1.54, 1.807) is 48.5 Å². The fourth-order valence-corrected chi connectivity index (χ4v) is 2.90. The Bertz CT molecular complexity index is 1010. The first kappa shape index (κ1) is 19.8. The number of hydrogen-bond donors (Lipinski definition) is 1. The fourth-order valence-electron chi connectivity index (χ4n) is 2.90. The summed E-state index contributed by atoms with van der Waals surface area (Å²) in [7, 11) is 1.50. The van der Waals surface area contributed by atoms with Crippen LogP contribution in [0.15, 0.2) is 59.7 Å². The van der Waals surface area contributed by atoms with Crippen LogP contribution in [-0.4, -0.2) is 37.0 Å². The summed E-state index contributed by atoms with van der Waals surface area (Å²) in [5.41, 5.74) is 1.85. The number of hydrogen-bond acceptors (Lipinski definition) is 4. The molecule has 146 valence electrons. The summed E-state index contributed by atoms with van der Waals surface area (Å²) in [6.07, 6.45) is 5.81. The molecule has 1 N–H and O–H groups in total. The zero-order valence-electron chi connectivity index (χ0n) is 16.0. The first-order chi connectivity index (χ1) is 14.0. The number of benzene rings is 2. The lowest BCUT2D eigenvalue weighted by Gasteiger charge is -2.27. The summed E-state index contributed by atoms with van der Waals surface area (Å²) in [5.74, 6) is 1.54. The standard InChI is InChI=1S/C22H20N4O3/c1-3-16-8-7-11-18(14-16)25(15-20(27)23-2)22(29)19-12-13-21(28)26(24-19)17-9-5-4-6-10-17/h1,4-11,14H,12-13,15H2,2H3,(H,23,27). The van der Waals surface area contributed by atoms with Gasteiger partial charge in [-0.05, 0) is 30.3 Å². The highest BCUT2D eigenvalue weighted by molar-refractivity contribution is 6.45. The third-order valence-corrected chi connectivity index (χ3v) is 4.43. The van der Waals surface area contributed by atoms with Gasteiger partial charge in [0.2, 0.25) is 11.8 Å². The Balaban J connectivity index is 1.97. The number of nitrogens with one attached hydrogen (secondary N) is 1. The van der Waals surface area contributed by atoms with Crippen molar-refractivity contribution in [2.45, 2.75) is 12.8 Å². The van der Waals surface area contributed by atoms with Crippen molar-refractivity contribution in [2.24, 2.45) is 5.10 Å². The highest BCUT2D eigenvalue weighted by Gasteiger charge is 2.30. The van der Waals surface area contributed by atoms with E-state index < -0.39 is 5.91 Å². The number of hydrazone groups is 1. The maximum Gasteiger partial charge on any atom is 0.274 e. The van der Waals surface area contributed by atoms with Gasteiger partial charge in [-0.2, -0.15) is 5.10 Å². The van der Waals surface area contributed by atoms with Crippen LogP contribution in [0.5, 0.6) is 0 Å². The van der Waals surface area contributed by atoms with Crippen LogP contribution in [0.1, 0.15) is 18.4 Å². The van der Waals surface area contributed by atoms with Crippen molar-refractivity contribution in [3.05, 3.63) is 60.2 Å². The third-order valence-electron chi connectivity index (χ3n) is 4.43. The molecule has 2 aromatic carbocycles. The zero-order chi connectivity index (χ0) is 20.8. The molecule has 2 aromatic rings. The van der Waals surface area contributed by atoms with Crippen LogP contribution in [0, 0.1) is 12.3 Å². The van der Waals surface area contributed by atoms with E-state index in [0.29, 0.717) is 16.9 Å². The molecule has 7 heteroatoms. The average Bonchev–Trinajstić information content (AvgIpc) is 2.77.